The van der Waals surface area contributed by atoms with Crippen molar-refractivity contribution in [2.24, 2.45) is 0 Å². The van der Waals surface area contributed by atoms with Crippen LogP contribution in [-0.2, 0) is 9.59 Å². The number of benzene rings is 2. The Bertz CT molecular complexity index is 1600. The molecule has 1 saturated carbocycles. The Balaban J connectivity index is 1.61. The summed E-state index contributed by atoms with van der Waals surface area (Å²) in [5.74, 6) is -4.65. The minimum absolute atomic E-state index is 0.0651. The van der Waals surface area contributed by atoms with Crippen molar-refractivity contribution in [3.05, 3.63) is 94.3 Å². The molecule has 228 valence electrons. The summed E-state index contributed by atoms with van der Waals surface area (Å²) >= 11 is 0. The number of alkyl halides is 2. The van der Waals surface area contributed by atoms with Crippen LogP contribution in [0.2, 0.25) is 0 Å². The van der Waals surface area contributed by atoms with Gasteiger partial charge in [-0.05, 0) is 61.6 Å². The lowest BCUT2D eigenvalue weighted by atomic mass is 9.91. The molecule has 2 fully saturated rings. The summed E-state index contributed by atoms with van der Waals surface area (Å²) < 4.78 is 42.5. The molecule has 12 heteroatoms. The summed E-state index contributed by atoms with van der Waals surface area (Å²) in [5, 5.41) is 13.5. The van der Waals surface area contributed by atoms with Gasteiger partial charge in [-0.3, -0.25) is 14.5 Å². The SMILES string of the molecule is Cc1ccccc1C(C(=O)NC1CCC(F)(F)CC1)N(C(=O)C1CCC[N+](=O)N1c1cc(C#N)ccn1)c1cccc(F)c1. The number of amides is 2. The predicted octanol–water partition coefficient (Wildman–Crippen LogP) is 5.53. The first-order valence-corrected chi connectivity index (χ1v) is 14.5. The van der Waals surface area contributed by atoms with Crippen molar-refractivity contribution < 1.29 is 27.6 Å². The summed E-state index contributed by atoms with van der Waals surface area (Å²) in [4.78, 5) is 48.2. The second-order valence-corrected chi connectivity index (χ2v) is 11.2. The number of aryl methyl sites for hydroxylation is 1. The van der Waals surface area contributed by atoms with Gasteiger partial charge in [0, 0.05) is 43.3 Å². The minimum atomic E-state index is -2.80. The molecule has 0 spiro atoms. The van der Waals surface area contributed by atoms with Gasteiger partial charge in [0.15, 0.2) is 11.9 Å². The maximum absolute atomic E-state index is 14.7. The van der Waals surface area contributed by atoms with Gasteiger partial charge in [0.1, 0.15) is 16.7 Å². The van der Waals surface area contributed by atoms with Crippen molar-refractivity contribution in [2.75, 3.05) is 16.5 Å². The average Bonchev–Trinajstić information content (AvgIpc) is 3.01. The number of anilines is 2. The molecule has 1 saturated heterocycles. The second-order valence-electron chi connectivity index (χ2n) is 11.2. The van der Waals surface area contributed by atoms with Crippen LogP contribution in [0.4, 0.5) is 24.7 Å². The molecule has 1 aliphatic carbocycles. The van der Waals surface area contributed by atoms with E-state index in [1.54, 1.807) is 31.2 Å². The number of hydrogen-bond acceptors (Lipinski definition) is 5. The highest BCUT2D eigenvalue weighted by Crippen LogP contribution is 2.36. The smallest absolute Gasteiger partial charge is 0.257 e. The minimum Gasteiger partial charge on any atom is -0.351 e. The lowest BCUT2D eigenvalue weighted by molar-refractivity contribution is -0.573. The molecule has 5 rings (SSSR count). The van der Waals surface area contributed by atoms with Gasteiger partial charge in [-0.25, -0.2) is 18.2 Å². The molecule has 1 aliphatic heterocycles. The number of nitroso groups, excluding NO2 is 1. The highest BCUT2D eigenvalue weighted by Gasteiger charge is 2.47. The largest absolute Gasteiger partial charge is 0.351 e. The topological polar surface area (TPSA) is 109 Å². The molecular weight excluding hydrogens is 573 g/mol. The third-order valence-corrected chi connectivity index (χ3v) is 8.13. The number of hydrazine groups is 1. The van der Waals surface area contributed by atoms with Crippen LogP contribution in [0, 0.1) is 29.0 Å². The lowest BCUT2D eigenvalue weighted by Gasteiger charge is -2.37. The molecule has 9 nitrogen and oxygen atoms in total. The van der Waals surface area contributed by atoms with Crippen LogP contribution in [0.5, 0.6) is 0 Å². The standard InChI is InChI=1S/C32H31F3N6O3/c1-21-6-2-3-9-26(21)29(30(42)38-24-11-14-32(34,35)15-12-24)40(25-8-4-7-23(33)19-25)31(43)27-10-5-17-39(44)41(27)28-18-22(20-36)13-16-37-28/h2-4,6-9,13,16,18-19,24,27,29H,5,10-12,14-15,17H2,1H3/p+1. The summed E-state index contributed by atoms with van der Waals surface area (Å²) in [6.45, 7) is 1.84. The Morgan fingerprint density at radius 2 is 1.86 bits per heavy atom. The number of hydrogen-bond donors (Lipinski definition) is 1. The number of rotatable bonds is 7. The Hall–Kier alpha value is -4.79. The molecule has 3 aromatic rings. The van der Waals surface area contributed by atoms with E-state index in [2.05, 4.69) is 10.3 Å². The zero-order valence-corrected chi connectivity index (χ0v) is 24.1. The molecule has 44 heavy (non-hydrogen) atoms. The summed E-state index contributed by atoms with van der Waals surface area (Å²) in [6, 6.07) is 14.0. The fourth-order valence-corrected chi connectivity index (χ4v) is 5.87. The number of nitriles is 1. The Morgan fingerprint density at radius 1 is 1.11 bits per heavy atom. The highest BCUT2D eigenvalue weighted by atomic mass is 19.3. The first kappa shape index (κ1) is 30.7. The van der Waals surface area contributed by atoms with Crippen LogP contribution in [0.25, 0.3) is 0 Å². The van der Waals surface area contributed by atoms with Crippen LogP contribution in [0.3, 0.4) is 0 Å². The van der Waals surface area contributed by atoms with Crippen LogP contribution in [0.15, 0.2) is 66.9 Å². The van der Waals surface area contributed by atoms with E-state index < -0.39 is 41.7 Å². The number of aromatic nitrogens is 1. The highest BCUT2D eigenvalue weighted by molar-refractivity contribution is 6.05. The van der Waals surface area contributed by atoms with Gasteiger partial charge in [-0.1, -0.05) is 35.3 Å². The maximum Gasteiger partial charge on any atom is 0.257 e. The van der Waals surface area contributed by atoms with Crippen LogP contribution >= 0.6 is 0 Å². The van der Waals surface area contributed by atoms with Crippen LogP contribution in [0.1, 0.15) is 61.3 Å². The average molecular weight is 606 g/mol. The van der Waals surface area contributed by atoms with Gasteiger partial charge in [-0.15, -0.1) is 0 Å². The van der Waals surface area contributed by atoms with E-state index in [0.29, 0.717) is 22.4 Å². The Labute approximate surface area is 252 Å². The molecule has 2 atom stereocenters. The van der Waals surface area contributed by atoms with Crippen LogP contribution in [-0.4, -0.2) is 46.2 Å². The summed E-state index contributed by atoms with van der Waals surface area (Å²) in [6.07, 6.45) is 1.31. The zero-order chi connectivity index (χ0) is 31.4. The molecule has 0 radical (unpaired) electrons. The quantitative estimate of drug-likeness (QED) is 0.355. The third kappa shape index (κ3) is 6.56. The fraction of sp³-hybridized carbons (Fsp3) is 0.375. The molecule has 1 N–H and O–H groups in total. The van der Waals surface area contributed by atoms with E-state index in [1.165, 1.54) is 41.4 Å². The van der Waals surface area contributed by atoms with Gasteiger partial charge >= 0.3 is 0 Å². The van der Waals surface area contributed by atoms with Crippen molar-refractivity contribution >= 4 is 23.3 Å². The fourth-order valence-electron chi connectivity index (χ4n) is 5.87. The normalized spacial score (nSPS) is 19.1. The molecule has 1 aromatic heterocycles. The van der Waals surface area contributed by atoms with E-state index >= 15 is 0 Å². The molecule has 0 bridgehead atoms. The molecule has 2 unspecified atom stereocenters. The summed E-state index contributed by atoms with van der Waals surface area (Å²) in [7, 11) is 0. The monoisotopic (exact) mass is 605 g/mol. The Kier molecular flexibility index (Phi) is 8.94. The van der Waals surface area contributed by atoms with E-state index in [9.17, 15) is 32.9 Å². The molecule has 2 aromatic carbocycles. The van der Waals surface area contributed by atoms with Crippen molar-refractivity contribution in [3.8, 4) is 6.07 Å². The lowest BCUT2D eigenvalue weighted by Crippen LogP contribution is -2.58. The number of nitrogens with one attached hydrogen (secondary N) is 1. The van der Waals surface area contributed by atoms with Gasteiger partial charge < -0.3 is 5.32 Å². The number of carbonyl (C=O) groups is 2. The van der Waals surface area contributed by atoms with Crippen molar-refractivity contribution in [1.82, 2.24) is 10.3 Å². The zero-order valence-electron chi connectivity index (χ0n) is 24.1. The molecule has 2 heterocycles. The third-order valence-electron chi connectivity index (χ3n) is 8.13. The molecule has 2 aliphatic rings. The van der Waals surface area contributed by atoms with Gasteiger partial charge in [0.05, 0.1) is 16.5 Å². The number of nitrogens with zero attached hydrogens (tertiary/aromatic N) is 5. The van der Waals surface area contributed by atoms with Crippen molar-refractivity contribution in [3.63, 3.8) is 0 Å². The predicted molar refractivity (Wildman–Crippen MR) is 156 cm³/mol. The molecular formula is C32H32F3N6O3+. The van der Waals surface area contributed by atoms with Gasteiger partial charge in [0.2, 0.25) is 18.4 Å². The van der Waals surface area contributed by atoms with Crippen LogP contribution < -0.4 is 15.2 Å². The first-order valence-electron chi connectivity index (χ1n) is 14.5. The number of halogens is 3. The van der Waals surface area contributed by atoms with E-state index in [1.807, 2.05) is 6.07 Å². The summed E-state index contributed by atoms with van der Waals surface area (Å²) in [5.41, 5.74) is 1.44. The second kappa shape index (κ2) is 12.8. The van der Waals surface area contributed by atoms with Crippen molar-refractivity contribution in [1.29, 1.82) is 5.26 Å². The Morgan fingerprint density at radius 3 is 2.57 bits per heavy atom. The van der Waals surface area contributed by atoms with Crippen molar-refractivity contribution in [2.45, 2.75) is 69.5 Å². The first-order chi connectivity index (χ1) is 21.1. The number of pyridine rings is 1. The maximum atomic E-state index is 14.7. The number of carbonyl (C=O) groups excluding carboxylic acids is 2. The van der Waals surface area contributed by atoms with E-state index in [4.69, 9.17) is 0 Å². The van der Waals surface area contributed by atoms with E-state index in [-0.39, 0.29) is 55.7 Å². The van der Waals surface area contributed by atoms with Gasteiger partial charge in [-0.2, -0.15) is 5.26 Å². The van der Waals surface area contributed by atoms with Gasteiger partial charge in [0.25, 0.3) is 5.91 Å². The molecule has 2 amide bonds. The van der Waals surface area contributed by atoms with E-state index in [0.717, 1.165) is 11.1 Å².